The molecule has 1 nitrogen and oxygen atoms in total. The van der Waals surface area contributed by atoms with Gasteiger partial charge in [0.1, 0.15) is 12.4 Å². The lowest BCUT2D eigenvalue weighted by Crippen LogP contribution is -2.01. The molecule has 0 amide bonds. The molecule has 0 saturated carbocycles. The summed E-state index contributed by atoms with van der Waals surface area (Å²) < 4.78 is 32.0. The minimum Gasteiger partial charge on any atom is -0.489 e. The largest absolute Gasteiger partial charge is 0.489 e. The van der Waals surface area contributed by atoms with Gasteiger partial charge in [-0.15, -0.1) is 0 Å². The van der Waals surface area contributed by atoms with E-state index < -0.39 is 11.6 Å². The van der Waals surface area contributed by atoms with Gasteiger partial charge in [0.2, 0.25) is 0 Å². The fraction of sp³-hybridized carbons (Fsp3) is 0.200. The van der Waals surface area contributed by atoms with Crippen LogP contribution < -0.4 is 4.74 Å². The number of benzene rings is 2. The second-order valence-electron chi connectivity index (χ2n) is 3.96. The summed E-state index contributed by atoms with van der Waals surface area (Å²) in [6.45, 7) is 2.05. The van der Waals surface area contributed by atoms with E-state index in [1.807, 2.05) is 31.2 Å². The average Bonchev–Trinajstić information content (AvgIpc) is 2.41. The van der Waals surface area contributed by atoms with Crippen LogP contribution in [0.25, 0.3) is 0 Å². The van der Waals surface area contributed by atoms with Crippen LogP contribution in [0, 0.1) is 11.6 Å². The van der Waals surface area contributed by atoms with Gasteiger partial charge >= 0.3 is 0 Å². The Hall–Kier alpha value is -1.90. The van der Waals surface area contributed by atoms with E-state index >= 15 is 0 Å². The Balaban J connectivity index is 2.14. The quantitative estimate of drug-likeness (QED) is 0.791. The molecule has 2 aromatic rings. The number of rotatable bonds is 4. The molecule has 0 aliphatic rings. The van der Waals surface area contributed by atoms with Crippen molar-refractivity contribution < 1.29 is 13.5 Å². The van der Waals surface area contributed by atoms with Crippen LogP contribution in [0.5, 0.6) is 5.75 Å². The Kier molecular flexibility index (Phi) is 3.92. The molecule has 0 radical (unpaired) electrons. The summed E-state index contributed by atoms with van der Waals surface area (Å²) in [6, 6.07) is 11.7. The highest BCUT2D eigenvalue weighted by Gasteiger charge is 2.08. The van der Waals surface area contributed by atoms with E-state index in [2.05, 4.69) is 0 Å². The zero-order chi connectivity index (χ0) is 13.0. The lowest BCUT2D eigenvalue weighted by Gasteiger charge is -2.10. The molecular weight excluding hydrogens is 234 g/mol. The molecule has 0 aliphatic carbocycles. The third kappa shape index (κ3) is 2.67. The molecule has 0 aliphatic heterocycles. The first-order valence-electron chi connectivity index (χ1n) is 5.86. The van der Waals surface area contributed by atoms with Gasteiger partial charge < -0.3 is 4.74 Å². The smallest absolute Gasteiger partial charge is 0.165 e. The predicted molar refractivity (Wildman–Crippen MR) is 66.5 cm³/mol. The summed E-state index contributed by atoms with van der Waals surface area (Å²) in [7, 11) is 0. The standard InChI is InChI=1S/C15H14F2O/c1-2-11-6-3-4-9-14(11)18-10-12-7-5-8-13(16)15(12)17/h3-9H,2,10H2,1H3. The molecular formula is C15H14F2O. The molecule has 0 atom stereocenters. The first-order chi connectivity index (χ1) is 8.72. The van der Waals surface area contributed by atoms with Gasteiger partial charge in [0.25, 0.3) is 0 Å². The SMILES string of the molecule is CCc1ccccc1OCc1cccc(F)c1F. The topological polar surface area (TPSA) is 9.23 Å². The summed E-state index contributed by atoms with van der Waals surface area (Å²) in [5, 5.41) is 0. The van der Waals surface area contributed by atoms with Crippen LogP contribution in [-0.4, -0.2) is 0 Å². The maximum absolute atomic E-state index is 13.4. The second-order valence-corrected chi connectivity index (χ2v) is 3.96. The van der Waals surface area contributed by atoms with Gasteiger partial charge in [0.15, 0.2) is 11.6 Å². The zero-order valence-corrected chi connectivity index (χ0v) is 10.1. The van der Waals surface area contributed by atoms with E-state index in [0.717, 1.165) is 18.1 Å². The molecule has 0 N–H and O–H groups in total. The first-order valence-corrected chi connectivity index (χ1v) is 5.86. The number of hydrogen-bond donors (Lipinski definition) is 0. The van der Waals surface area contributed by atoms with Crippen molar-refractivity contribution in [3.05, 3.63) is 65.2 Å². The van der Waals surface area contributed by atoms with Gasteiger partial charge in [-0.25, -0.2) is 8.78 Å². The normalized spacial score (nSPS) is 10.4. The van der Waals surface area contributed by atoms with E-state index in [4.69, 9.17) is 4.74 Å². The molecule has 0 bridgehead atoms. The number of halogens is 2. The molecule has 2 aromatic carbocycles. The third-order valence-corrected chi connectivity index (χ3v) is 2.77. The molecule has 2 rings (SSSR count). The molecule has 3 heteroatoms. The van der Waals surface area contributed by atoms with Crippen LogP contribution in [0.2, 0.25) is 0 Å². The Morgan fingerprint density at radius 3 is 2.44 bits per heavy atom. The van der Waals surface area contributed by atoms with E-state index in [1.165, 1.54) is 12.1 Å². The Morgan fingerprint density at radius 2 is 1.67 bits per heavy atom. The summed E-state index contributed by atoms with van der Waals surface area (Å²) in [6.07, 6.45) is 0.835. The first kappa shape index (κ1) is 12.6. The van der Waals surface area contributed by atoms with Crippen molar-refractivity contribution >= 4 is 0 Å². The van der Waals surface area contributed by atoms with Crippen molar-refractivity contribution in [1.82, 2.24) is 0 Å². The van der Waals surface area contributed by atoms with Crippen LogP contribution in [0.4, 0.5) is 8.78 Å². The highest BCUT2D eigenvalue weighted by atomic mass is 19.2. The van der Waals surface area contributed by atoms with E-state index in [-0.39, 0.29) is 12.2 Å². The van der Waals surface area contributed by atoms with Crippen molar-refractivity contribution in [3.63, 3.8) is 0 Å². The lowest BCUT2D eigenvalue weighted by molar-refractivity contribution is 0.294. The highest BCUT2D eigenvalue weighted by molar-refractivity contribution is 5.33. The van der Waals surface area contributed by atoms with Gasteiger partial charge in [-0.3, -0.25) is 0 Å². The van der Waals surface area contributed by atoms with Crippen molar-refractivity contribution in [2.45, 2.75) is 20.0 Å². The van der Waals surface area contributed by atoms with Crippen LogP contribution in [0.3, 0.4) is 0 Å². The molecule has 0 heterocycles. The maximum Gasteiger partial charge on any atom is 0.165 e. The van der Waals surface area contributed by atoms with Gasteiger partial charge in [0.05, 0.1) is 0 Å². The summed E-state index contributed by atoms with van der Waals surface area (Å²) in [5.74, 6) is -0.977. The van der Waals surface area contributed by atoms with Gasteiger partial charge in [0, 0.05) is 5.56 Å². The fourth-order valence-electron chi connectivity index (χ4n) is 1.75. The van der Waals surface area contributed by atoms with Crippen LogP contribution in [0.15, 0.2) is 42.5 Å². The number of aryl methyl sites for hydroxylation is 1. The van der Waals surface area contributed by atoms with Gasteiger partial charge in [-0.1, -0.05) is 37.3 Å². The molecule has 0 unspecified atom stereocenters. The number of para-hydroxylation sites is 1. The molecule has 0 saturated heterocycles. The van der Waals surface area contributed by atoms with Crippen LogP contribution in [0.1, 0.15) is 18.1 Å². The average molecular weight is 248 g/mol. The third-order valence-electron chi connectivity index (χ3n) is 2.77. The molecule has 0 spiro atoms. The van der Waals surface area contributed by atoms with E-state index in [0.29, 0.717) is 5.75 Å². The highest BCUT2D eigenvalue weighted by Crippen LogP contribution is 2.20. The number of ether oxygens (including phenoxy) is 1. The summed E-state index contributed by atoms with van der Waals surface area (Å²) in [4.78, 5) is 0. The zero-order valence-electron chi connectivity index (χ0n) is 10.1. The minimum absolute atomic E-state index is 0.0284. The van der Waals surface area contributed by atoms with Crippen LogP contribution >= 0.6 is 0 Å². The monoisotopic (exact) mass is 248 g/mol. The molecule has 0 aromatic heterocycles. The molecule has 0 fully saturated rings. The van der Waals surface area contributed by atoms with Crippen molar-refractivity contribution in [3.8, 4) is 5.75 Å². The molecule has 18 heavy (non-hydrogen) atoms. The van der Waals surface area contributed by atoms with E-state index in [1.54, 1.807) is 0 Å². The predicted octanol–water partition coefficient (Wildman–Crippen LogP) is 4.11. The number of hydrogen-bond acceptors (Lipinski definition) is 1. The van der Waals surface area contributed by atoms with Gasteiger partial charge in [-0.2, -0.15) is 0 Å². The Labute approximate surface area is 105 Å². The van der Waals surface area contributed by atoms with Crippen molar-refractivity contribution in [2.24, 2.45) is 0 Å². The molecule has 94 valence electrons. The fourth-order valence-corrected chi connectivity index (χ4v) is 1.75. The minimum atomic E-state index is -0.847. The summed E-state index contributed by atoms with van der Waals surface area (Å²) >= 11 is 0. The van der Waals surface area contributed by atoms with Gasteiger partial charge in [-0.05, 0) is 24.1 Å². The Morgan fingerprint density at radius 1 is 0.944 bits per heavy atom. The van der Waals surface area contributed by atoms with E-state index in [9.17, 15) is 8.78 Å². The van der Waals surface area contributed by atoms with Crippen molar-refractivity contribution in [1.29, 1.82) is 0 Å². The van der Waals surface area contributed by atoms with Crippen LogP contribution in [-0.2, 0) is 13.0 Å². The second kappa shape index (κ2) is 5.63. The van der Waals surface area contributed by atoms with Crippen molar-refractivity contribution in [2.75, 3.05) is 0 Å². The lowest BCUT2D eigenvalue weighted by atomic mass is 10.1. The summed E-state index contributed by atoms with van der Waals surface area (Å²) in [5.41, 5.74) is 1.27. The maximum atomic E-state index is 13.4. The Bertz CT molecular complexity index is 538.